The number of carbonyl (C=O) groups is 2. The Labute approximate surface area is 201 Å². The fraction of sp³-hybridized carbons (Fsp3) is 0.409. The summed E-state index contributed by atoms with van der Waals surface area (Å²) in [5.41, 5.74) is -2.87. The lowest BCUT2D eigenvalue weighted by molar-refractivity contribution is -0.274. The van der Waals surface area contributed by atoms with Crippen LogP contribution < -0.4 is 15.0 Å². The van der Waals surface area contributed by atoms with E-state index in [0.29, 0.717) is 0 Å². The van der Waals surface area contributed by atoms with Crippen molar-refractivity contribution in [3.8, 4) is 5.75 Å². The summed E-state index contributed by atoms with van der Waals surface area (Å²) in [4.78, 5) is 30.6. The predicted molar refractivity (Wildman–Crippen MR) is 117 cm³/mol. The van der Waals surface area contributed by atoms with Crippen molar-refractivity contribution in [3.63, 3.8) is 0 Å². The maximum absolute atomic E-state index is 15.4. The van der Waals surface area contributed by atoms with Crippen LogP contribution in [0.2, 0.25) is 0 Å². The van der Waals surface area contributed by atoms with E-state index in [0.717, 1.165) is 29.4 Å². The smallest absolute Gasteiger partial charge is 0.573 e. The Morgan fingerprint density at radius 1 is 1.26 bits per heavy atom. The minimum atomic E-state index is -4.99. The molecule has 0 fully saturated rings. The molecule has 1 aliphatic rings. The first-order chi connectivity index (χ1) is 16.1. The third kappa shape index (κ3) is 5.45. The van der Waals surface area contributed by atoms with Crippen LogP contribution in [0, 0.1) is 5.82 Å². The normalized spacial score (nSPS) is 17.5. The standard InChI is InChI=1S/C22H23F4N3O5S/c1-5-21(4,11-35(32)33)28-18(30)12-6-15-17(16(23)7-12)29(19(31)20(15,2)3)13-8-14(10-27-9-13)34-22(24,25)26/h6-10H,5,11H2,1-4H3,(H,28,30)(H,32,33)/p-1. The van der Waals surface area contributed by atoms with Crippen LogP contribution in [0.15, 0.2) is 30.6 Å². The molecule has 1 aromatic heterocycles. The Bertz CT molecular complexity index is 1200. The zero-order valence-corrected chi connectivity index (χ0v) is 20.0. The van der Waals surface area contributed by atoms with E-state index in [2.05, 4.69) is 15.0 Å². The monoisotopic (exact) mass is 516 g/mol. The number of nitrogens with zero attached hydrogens (tertiary/aromatic N) is 2. The number of halogens is 4. The summed E-state index contributed by atoms with van der Waals surface area (Å²) in [6, 6.07) is 3.09. The Morgan fingerprint density at radius 3 is 2.49 bits per heavy atom. The van der Waals surface area contributed by atoms with Crippen molar-refractivity contribution in [3.05, 3.63) is 47.5 Å². The average molecular weight is 516 g/mol. The Morgan fingerprint density at radius 2 is 1.91 bits per heavy atom. The summed E-state index contributed by atoms with van der Waals surface area (Å²) in [6.45, 7) is 6.17. The zero-order chi connectivity index (χ0) is 26.3. The largest absolute Gasteiger partial charge is 0.772 e. The molecule has 8 nitrogen and oxygen atoms in total. The number of hydrogen-bond donors (Lipinski definition) is 1. The van der Waals surface area contributed by atoms with E-state index in [1.807, 2.05) is 0 Å². The molecule has 2 amide bonds. The lowest BCUT2D eigenvalue weighted by atomic mass is 9.85. The van der Waals surface area contributed by atoms with Crippen molar-refractivity contribution in [1.82, 2.24) is 10.3 Å². The Kier molecular flexibility index (Phi) is 6.97. The van der Waals surface area contributed by atoms with Crippen LogP contribution in [0.25, 0.3) is 0 Å². The van der Waals surface area contributed by atoms with Crippen LogP contribution in [0.4, 0.5) is 28.9 Å². The highest BCUT2D eigenvalue weighted by Gasteiger charge is 2.47. The van der Waals surface area contributed by atoms with Crippen molar-refractivity contribution in [1.29, 1.82) is 0 Å². The van der Waals surface area contributed by atoms with Crippen molar-refractivity contribution < 1.29 is 40.6 Å². The molecular weight excluding hydrogens is 494 g/mol. The lowest BCUT2D eigenvalue weighted by Crippen LogP contribution is -2.49. The van der Waals surface area contributed by atoms with E-state index in [1.54, 1.807) is 6.92 Å². The van der Waals surface area contributed by atoms with Gasteiger partial charge in [-0.05, 0) is 44.9 Å². The Balaban J connectivity index is 2.04. The first-order valence-corrected chi connectivity index (χ1v) is 11.6. The molecule has 190 valence electrons. The van der Waals surface area contributed by atoms with Crippen LogP contribution in [0.5, 0.6) is 5.75 Å². The molecule has 1 aliphatic heterocycles. The molecule has 13 heteroatoms. The number of amides is 2. The van der Waals surface area contributed by atoms with Gasteiger partial charge in [0.2, 0.25) is 5.91 Å². The summed E-state index contributed by atoms with van der Waals surface area (Å²) < 4.78 is 79.4. The van der Waals surface area contributed by atoms with Gasteiger partial charge in [0.15, 0.2) is 0 Å². The third-order valence-electron chi connectivity index (χ3n) is 5.78. The fourth-order valence-electron chi connectivity index (χ4n) is 3.73. The van der Waals surface area contributed by atoms with Crippen LogP contribution in [-0.4, -0.2) is 43.2 Å². The molecule has 0 aliphatic carbocycles. The fourth-order valence-corrected chi connectivity index (χ4v) is 4.52. The molecule has 2 unspecified atom stereocenters. The molecule has 0 radical (unpaired) electrons. The molecule has 2 atom stereocenters. The molecule has 0 saturated carbocycles. The molecule has 2 heterocycles. The average Bonchev–Trinajstić information content (AvgIpc) is 2.93. The predicted octanol–water partition coefficient (Wildman–Crippen LogP) is 3.85. The van der Waals surface area contributed by atoms with Gasteiger partial charge in [-0.3, -0.25) is 23.7 Å². The summed E-state index contributed by atoms with van der Waals surface area (Å²) in [5.74, 6) is -3.43. The molecule has 0 saturated heterocycles. The molecule has 1 aromatic carbocycles. The van der Waals surface area contributed by atoms with Gasteiger partial charge in [-0.15, -0.1) is 13.2 Å². The molecule has 35 heavy (non-hydrogen) atoms. The molecular formula is C22H22F4N3O5S-. The minimum Gasteiger partial charge on any atom is -0.772 e. The number of alkyl halides is 3. The van der Waals surface area contributed by atoms with E-state index in [9.17, 15) is 31.5 Å². The number of nitrogens with one attached hydrogen (secondary N) is 1. The second-order valence-electron chi connectivity index (χ2n) is 8.86. The van der Waals surface area contributed by atoms with E-state index in [-0.39, 0.29) is 34.7 Å². The minimum absolute atomic E-state index is 0.125. The number of anilines is 2. The van der Waals surface area contributed by atoms with Gasteiger partial charge >= 0.3 is 6.36 Å². The first-order valence-electron chi connectivity index (χ1n) is 10.4. The van der Waals surface area contributed by atoms with Gasteiger partial charge in [0.1, 0.15) is 11.6 Å². The van der Waals surface area contributed by atoms with Crippen LogP contribution in [0.3, 0.4) is 0 Å². The van der Waals surface area contributed by atoms with Crippen molar-refractivity contribution in [2.45, 2.75) is 51.4 Å². The highest BCUT2D eigenvalue weighted by atomic mass is 32.2. The van der Waals surface area contributed by atoms with Crippen LogP contribution in [-0.2, 0) is 21.3 Å². The molecule has 3 rings (SSSR count). The molecule has 2 aromatic rings. The number of aromatic nitrogens is 1. The summed E-state index contributed by atoms with van der Waals surface area (Å²) in [5, 5.41) is 2.59. The second-order valence-corrected chi connectivity index (χ2v) is 9.76. The number of pyridine rings is 1. The van der Waals surface area contributed by atoms with Gasteiger partial charge < -0.3 is 14.6 Å². The van der Waals surface area contributed by atoms with Gasteiger partial charge in [-0.2, -0.15) is 0 Å². The van der Waals surface area contributed by atoms with E-state index < -0.39 is 51.8 Å². The number of rotatable bonds is 7. The van der Waals surface area contributed by atoms with Crippen molar-refractivity contribution in [2.24, 2.45) is 0 Å². The van der Waals surface area contributed by atoms with Crippen molar-refractivity contribution >= 4 is 34.3 Å². The first kappa shape index (κ1) is 26.5. The van der Waals surface area contributed by atoms with Crippen LogP contribution in [0.1, 0.15) is 50.0 Å². The topological polar surface area (TPSA) is 112 Å². The molecule has 1 N–H and O–H groups in total. The summed E-state index contributed by atoms with van der Waals surface area (Å²) >= 11 is -2.44. The van der Waals surface area contributed by atoms with Gasteiger partial charge in [-0.25, -0.2) is 4.39 Å². The van der Waals surface area contributed by atoms with E-state index in [1.165, 1.54) is 26.8 Å². The summed E-state index contributed by atoms with van der Waals surface area (Å²) in [7, 11) is 0. The van der Waals surface area contributed by atoms with Crippen molar-refractivity contribution in [2.75, 3.05) is 10.7 Å². The number of carbonyl (C=O) groups excluding carboxylic acids is 2. The SMILES string of the molecule is CCC(C)(CS(=O)[O-])NC(=O)c1cc(F)c2c(c1)C(C)(C)C(=O)N2c1cncc(OC(F)(F)F)c1. The van der Waals surface area contributed by atoms with E-state index in [4.69, 9.17) is 0 Å². The lowest BCUT2D eigenvalue weighted by Gasteiger charge is -2.30. The Hall–Kier alpha value is -3.06. The number of fused-ring (bicyclic) bond motifs is 1. The second kappa shape index (κ2) is 9.19. The van der Waals surface area contributed by atoms with Gasteiger partial charge in [0, 0.05) is 22.9 Å². The van der Waals surface area contributed by atoms with Gasteiger partial charge in [0.05, 0.1) is 29.2 Å². The maximum atomic E-state index is 15.4. The molecule has 0 spiro atoms. The van der Waals surface area contributed by atoms with E-state index >= 15 is 4.39 Å². The maximum Gasteiger partial charge on any atom is 0.573 e. The zero-order valence-electron chi connectivity index (χ0n) is 19.2. The number of hydrogen-bond acceptors (Lipinski definition) is 6. The number of ether oxygens (including phenoxy) is 1. The number of benzene rings is 1. The van der Waals surface area contributed by atoms with Crippen LogP contribution >= 0.6 is 0 Å². The quantitative estimate of drug-likeness (QED) is 0.442. The van der Waals surface area contributed by atoms with Gasteiger partial charge in [0.25, 0.3) is 5.91 Å². The summed E-state index contributed by atoms with van der Waals surface area (Å²) in [6.07, 6.45) is -2.83. The molecule has 0 bridgehead atoms. The highest BCUT2D eigenvalue weighted by molar-refractivity contribution is 7.79. The third-order valence-corrected chi connectivity index (χ3v) is 6.66. The highest BCUT2D eigenvalue weighted by Crippen LogP contribution is 2.47. The van der Waals surface area contributed by atoms with Gasteiger partial charge in [-0.1, -0.05) is 18.0 Å².